The van der Waals surface area contributed by atoms with Crippen molar-refractivity contribution in [3.05, 3.63) is 41.8 Å². The maximum atomic E-state index is 13.3. The van der Waals surface area contributed by atoms with Crippen molar-refractivity contribution >= 4 is 39.3 Å². The fraction of sp³-hybridized carbons (Fsp3) is 0.381. The highest BCUT2D eigenvalue weighted by Crippen LogP contribution is 2.39. The van der Waals surface area contributed by atoms with E-state index in [1.165, 1.54) is 48.0 Å². The second-order valence-electron chi connectivity index (χ2n) is 6.97. The van der Waals surface area contributed by atoms with E-state index in [9.17, 15) is 9.18 Å². The first-order valence-corrected chi connectivity index (χ1v) is 11.2. The quantitative estimate of drug-likeness (QED) is 0.296. The lowest BCUT2D eigenvalue weighted by molar-refractivity contribution is -0.149. The van der Waals surface area contributed by atoms with Crippen LogP contribution in [-0.2, 0) is 9.53 Å². The molecule has 7 heteroatoms. The summed E-state index contributed by atoms with van der Waals surface area (Å²) in [6, 6.07) is 6.39. The lowest BCUT2D eigenvalue weighted by Gasteiger charge is -2.23. The highest BCUT2D eigenvalue weighted by atomic mass is 32.2. The maximum Gasteiger partial charge on any atom is 0.319 e. The molecule has 146 valence electrons. The fourth-order valence-corrected chi connectivity index (χ4v) is 5.34. The van der Waals surface area contributed by atoms with Crippen LogP contribution in [0.25, 0.3) is 21.3 Å². The third-order valence-corrected chi connectivity index (χ3v) is 6.91. The van der Waals surface area contributed by atoms with Crippen molar-refractivity contribution in [3.63, 3.8) is 0 Å². The van der Waals surface area contributed by atoms with Gasteiger partial charge in [0.15, 0.2) is 0 Å². The van der Waals surface area contributed by atoms with Crippen LogP contribution >= 0.6 is 23.1 Å². The van der Waals surface area contributed by atoms with Crippen molar-refractivity contribution in [2.75, 3.05) is 0 Å². The van der Waals surface area contributed by atoms with Gasteiger partial charge in [-0.25, -0.2) is 14.4 Å². The molecule has 1 aromatic carbocycles. The zero-order valence-corrected chi connectivity index (χ0v) is 17.2. The molecule has 0 aliphatic heterocycles. The largest absolute Gasteiger partial charge is 0.462 e. The fourth-order valence-electron chi connectivity index (χ4n) is 3.44. The third kappa shape index (κ3) is 4.20. The summed E-state index contributed by atoms with van der Waals surface area (Å²) < 4.78 is 19.0. The molecular weight excluding hydrogens is 395 g/mol. The molecule has 0 saturated heterocycles. The SMILES string of the molecule is CC(Sc1ncnc2scc(-c3ccc(F)cc3)c12)C(=O)OC1CCCCC1. The summed E-state index contributed by atoms with van der Waals surface area (Å²) in [5.74, 6) is -0.463. The van der Waals surface area contributed by atoms with Crippen LogP contribution in [-0.4, -0.2) is 27.3 Å². The molecular formula is C21H21FN2O2S2. The number of fused-ring (bicyclic) bond motifs is 1. The van der Waals surface area contributed by atoms with Crippen LogP contribution in [0.15, 0.2) is 41.0 Å². The van der Waals surface area contributed by atoms with Crippen LogP contribution in [0.1, 0.15) is 39.0 Å². The van der Waals surface area contributed by atoms with Gasteiger partial charge in [0, 0.05) is 10.9 Å². The van der Waals surface area contributed by atoms with Gasteiger partial charge in [0.1, 0.15) is 33.4 Å². The second kappa shape index (κ2) is 8.57. The third-order valence-electron chi connectivity index (χ3n) is 4.95. The van der Waals surface area contributed by atoms with Crippen LogP contribution in [0.2, 0.25) is 0 Å². The highest BCUT2D eigenvalue weighted by molar-refractivity contribution is 8.00. The first-order chi connectivity index (χ1) is 13.6. The van der Waals surface area contributed by atoms with E-state index < -0.39 is 0 Å². The van der Waals surface area contributed by atoms with Crippen LogP contribution < -0.4 is 0 Å². The molecule has 2 heterocycles. The summed E-state index contributed by atoms with van der Waals surface area (Å²) in [5.41, 5.74) is 1.86. The summed E-state index contributed by atoms with van der Waals surface area (Å²) in [7, 11) is 0. The van der Waals surface area contributed by atoms with Gasteiger partial charge in [-0.15, -0.1) is 11.3 Å². The number of rotatable bonds is 5. The van der Waals surface area contributed by atoms with E-state index in [1.807, 2.05) is 12.3 Å². The van der Waals surface area contributed by atoms with Crippen molar-refractivity contribution in [1.82, 2.24) is 9.97 Å². The van der Waals surface area contributed by atoms with Crippen LogP contribution in [0, 0.1) is 5.82 Å². The summed E-state index contributed by atoms with van der Waals surface area (Å²) in [5, 5.41) is 3.29. The summed E-state index contributed by atoms with van der Waals surface area (Å²) in [4.78, 5) is 22.2. The van der Waals surface area contributed by atoms with Crippen molar-refractivity contribution in [3.8, 4) is 11.1 Å². The Labute approximate surface area is 171 Å². The maximum absolute atomic E-state index is 13.3. The summed E-state index contributed by atoms with van der Waals surface area (Å²) in [6.07, 6.45) is 6.96. The highest BCUT2D eigenvalue weighted by Gasteiger charge is 2.24. The molecule has 1 fully saturated rings. The molecule has 0 amide bonds. The van der Waals surface area contributed by atoms with Crippen molar-refractivity contribution in [1.29, 1.82) is 0 Å². The summed E-state index contributed by atoms with van der Waals surface area (Å²) >= 11 is 2.91. The first kappa shape index (κ1) is 19.3. The van der Waals surface area contributed by atoms with E-state index >= 15 is 0 Å². The van der Waals surface area contributed by atoms with Gasteiger partial charge in [-0.3, -0.25) is 4.79 Å². The summed E-state index contributed by atoms with van der Waals surface area (Å²) in [6.45, 7) is 1.85. The number of benzene rings is 1. The van der Waals surface area contributed by atoms with Gasteiger partial charge in [0.05, 0.1) is 5.39 Å². The van der Waals surface area contributed by atoms with Crippen molar-refractivity contribution in [2.45, 2.75) is 55.4 Å². The molecule has 4 rings (SSSR count). The van der Waals surface area contributed by atoms with Gasteiger partial charge >= 0.3 is 5.97 Å². The Morgan fingerprint density at radius 1 is 1.21 bits per heavy atom. The molecule has 3 aromatic rings. The van der Waals surface area contributed by atoms with Gasteiger partial charge in [-0.1, -0.05) is 30.3 Å². The zero-order valence-electron chi connectivity index (χ0n) is 15.6. The lowest BCUT2D eigenvalue weighted by Crippen LogP contribution is -2.26. The van der Waals surface area contributed by atoms with Gasteiger partial charge in [0.2, 0.25) is 0 Å². The number of thiophene rings is 1. The monoisotopic (exact) mass is 416 g/mol. The molecule has 0 bridgehead atoms. The molecule has 0 spiro atoms. The number of esters is 1. The number of hydrogen-bond donors (Lipinski definition) is 0. The molecule has 4 nitrogen and oxygen atoms in total. The number of hydrogen-bond acceptors (Lipinski definition) is 6. The van der Waals surface area contributed by atoms with E-state index in [2.05, 4.69) is 9.97 Å². The minimum atomic E-state index is -0.360. The molecule has 1 aliphatic carbocycles. The average molecular weight is 417 g/mol. The number of carbonyl (C=O) groups excluding carboxylic acids is 1. The predicted molar refractivity (Wildman–Crippen MR) is 111 cm³/mol. The molecule has 28 heavy (non-hydrogen) atoms. The normalized spacial score (nSPS) is 16.2. The Bertz CT molecular complexity index is 968. The van der Waals surface area contributed by atoms with Gasteiger partial charge in [0.25, 0.3) is 0 Å². The van der Waals surface area contributed by atoms with E-state index in [0.29, 0.717) is 0 Å². The molecule has 1 aliphatic rings. The Balaban J connectivity index is 1.57. The minimum absolute atomic E-state index is 0.0469. The Morgan fingerprint density at radius 3 is 2.71 bits per heavy atom. The number of thioether (sulfide) groups is 1. The topological polar surface area (TPSA) is 52.1 Å². The van der Waals surface area contributed by atoms with E-state index in [0.717, 1.165) is 52.1 Å². The van der Waals surface area contributed by atoms with Crippen molar-refractivity contribution in [2.24, 2.45) is 0 Å². The number of nitrogens with zero attached hydrogens (tertiary/aromatic N) is 2. The Morgan fingerprint density at radius 2 is 1.96 bits per heavy atom. The van der Waals surface area contributed by atoms with Crippen molar-refractivity contribution < 1.29 is 13.9 Å². The molecule has 1 saturated carbocycles. The lowest BCUT2D eigenvalue weighted by atomic mass is 9.98. The molecule has 0 N–H and O–H groups in total. The zero-order chi connectivity index (χ0) is 19.5. The Hall–Kier alpha value is -1.99. The standard InChI is InChI=1S/C21H21FN2O2S2/c1-13(21(25)26-16-5-3-2-4-6-16)28-20-18-17(11-27-19(18)23-12-24-20)14-7-9-15(22)10-8-14/h7-13,16H,2-6H2,1H3. The first-order valence-electron chi connectivity index (χ1n) is 9.47. The van der Waals surface area contributed by atoms with Gasteiger partial charge in [-0.05, 0) is 50.3 Å². The van der Waals surface area contributed by atoms with Crippen LogP contribution in [0.3, 0.4) is 0 Å². The van der Waals surface area contributed by atoms with Gasteiger partial charge < -0.3 is 4.74 Å². The molecule has 1 atom stereocenters. The molecule has 1 unspecified atom stereocenters. The predicted octanol–water partition coefficient (Wildman–Crippen LogP) is 5.85. The smallest absolute Gasteiger partial charge is 0.319 e. The Kier molecular flexibility index (Phi) is 5.92. The number of halogens is 1. The number of aromatic nitrogens is 2. The van der Waals surface area contributed by atoms with Crippen LogP contribution in [0.5, 0.6) is 0 Å². The van der Waals surface area contributed by atoms with E-state index in [4.69, 9.17) is 4.74 Å². The average Bonchev–Trinajstić information content (AvgIpc) is 3.14. The van der Waals surface area contributed by atoms with Gasteiger partial charge in [-0.2, -0.15) is 0 Å². The number of ether oxygens (including phenoxy) is 1. The van der Waals surface area contributed by atoms with E-state index in [1.54, 1.807) is 12.1 Å². The number of carbonyl (C=O) groups is 1. The molecule has 2 aromatic heterocycles. The minimum Gasteiger partial charge on any atom is -0.462 e. The van der Waals surface area contributed by atoms with Crippen LogP contribution in [0.4, 0.5) is 4.39 Å². The van der Waals surface area contributed by atoms with E-state index in [-0.39, 0.29) is 23.1 Å². The molecule has 0 radical (unpaired) electrons. The second-order valence-corrected chi connectivity index (χ2v) is 9.16.